The third-order valence-electron chi connectivity index (χ3n) is 3.62. The molecule has 0 spiro atoms. The van der Waals surface area contributed by atoms with E-state index in [0.29, 0.717) is 11.5 Å². The number of rotatable bonds is 9. The first-order chi connectivity index (χ1) is 12.6. The van der Waals surface area contributed by atoms with Gasteiger partial charge in [0, 0.05) is 0 Å². The number of nitrogens with one attached hydrogen (secondary N) is 1. The van der Waals surface area contributed by atoms with Crippen LogP contribution in [0, 0.1) is 0 Å². The molecule has 1 atom stereocenters. The van der Waals surface area contributed by atoms with E-state index >= 15 is 0 Å². The van der Waals surface area contributed by atoms with Crippen LogP contribution in [-0.2, 0) is 14.3 Å². The predicted molar refractivity (Wildman–Crippen MR) is 97.1 cm³/mol. The Labute approximate surface area is 153 Å². The van der Waals surface area contributed by atoms with Crippen LogP contribution in [0.4, 0.5) is 0 Å². The Morgan fingerprint density at radius 2 is 1.77 bits per heavy atom. The summed E-state index contributed by atoms with van der Waals surface area (Å²) in [5.41, 5.74) is 0.755. The zero-order valence-electron chi connectivity index (χ0n) is 14.9. The fraction of sp³-hybridized carbons (Fsp3) is 0.300. The van der Waals surface area contributed by atoms with Gasteiger partial charge in [-0.25, -0.2) is 0 Å². The Kier molecular flexibility index (Phi) is 7.49. The minimum atomic E-state index is -0.531. The number of carbonyl (C=O) groups is 2. The van der Waals surface area contributed by atoms with E-state index in [1.54, 1.807) is 44.4 Å². The molecule has 0 aromatic heterocycles. The standard InChI is InChI=1S/C20H23NO5/c1-3-25-20(23)13-18(15-8-7-11-17(12-15)24-2)21-19(22)14-26-16-9-5-4-6-10-16/h4-12,18H,3,13-14H2,1-2H3,(H,21,22)/t18-/m0/s1. The van der Waals surface area contributed by atoms with E-state index in [-0.39, 0.29) is 31.5 Å². The van der Waals surface area contributed by atoms with Crippen molar-refractivity contribution in [2.45, 2.75) is 19.4 Å². The van der Waals surface area contributed by atoms with E-state index in [1.807, 2.05) is 24.3 Å². The van der Waals surface area contributed by atoms with Gasteiger partial charge in [-0.05, 0) is 36.8 Å². The molecule has 0 saturated heterocycles. The third kappa shape index (κ3) is 6.12. The summed E-state index contributed by atoms with van der Waals surface area (Å²) in [4.78, 5) is 24.2. The largest absolute Gasteiger partial charge is 0.497 e. The number of para-hydroxylation sites is 1. The highest BCUT2D eigenvalue weighted by Gasteiger charge is 2.20. The highest BCUT2D eigenvalue weighted by atomic mass is 16.5. The van der Waals surface area contributed by atoms with E-state index < -0.39 is 6.04 Å². The molecule has 0 unspecified atom stereocenters. The Balaban J connectivity index is 2.04. The maximum absolute atomic E-state index is 12.3. The van der Waals surface area contributed by atoms with Gasteiger partial charge in [-0.1, -0.05) is 30.3 Å². The fourth-order valence-electron chi connectivity index (χ4n) is 2.40. The molecule has 6 nitrogen and oxygen atoms in total. The number of esters is 1. The van der Waals surface area contributed by atoms with Gasteiger partial charge in [-0.3, -0.25) is 9.59 Å². The second-order valence-electron chi connectivity index (χ2n) is 5.51. The highest BCUT2D eigenvalue weighted by molar-refractivity contribution is 5.79. The molecule has 0 bridgehead atoms. The number of benzene rings is 2. The monoisotopic (exact) mass is 357 g/mol. The molecule has 26 heavy (non-hydrogen) atoms. The second kappa shape index (κ2) is 10.1. The van der Waals surface area contributed by atoms with Crippen LogP contribution < -0.4 is 14.8 Å². The van der Waals surface area contributed by atoms with E-state index in [9.17, 15) is 9.59 Å². The summed E-state index contributed by atoms with van der Waals surface area (Å²) >= 11 is 0. The lowest BCUT2D eigenvalue weighted by Gasteiger charge is -2.19. The number of hydrogen-bond acceptors (Lipinski definition) is 5. The van der Waals surface area contributed by atoms with Gasteiger partial charge >= 0.3 is 5.97 Å². The van der Waals surface area contributed by atoms with Crippen molar-refractivity contribution < 1.29 is 23.8 Å². The second-order valence-corrected chi connectivity index (χ2v) is 5.51. The molecule has 0 aliphatic heterocycles. The van der Waals surface area contributed by atoms with Gasteiger partial charge in [0.15, 0.2) is 6.61 Å². The smallest absolute Gasteiger partial charge is 0.308 e. The first-order valence-electron chi connectivity index (χ1n) is 8.39. The molecule has 0 saturated carbocycles. The van der Waals surface area contributed by atoms with E-state index in [0.717, 1.165) is 5.56 Å². The molecule has 1 N–H and O–H groups in total. The minimum Gasteiger partial charge on any atom is -0.497 e. The number of amides is 1. The fourth-order valence-corrected chi connectivity index (χ4v) is 2.40. The summed E-state index contributed by atoms with van der Waals surface area (Å²) in [5, 5.41) is 2.82. The first kappa shape index (κ1) is 19.3. The van der Waals surface area contributed by atoms with Crippen molar-refractivity contribution in [3.05, 3.63) is 60.2 Å². The Hall–Kier alpha value is -3.02. The van der Waals surface area contributed by atoms with Gasteiger partial charge in [-0.2, -0.15) is 0 Å². The van der Waals surface area contributed by atoms with Crippen LogP contribution in [0.1, 0.15) is 24.9 Å². The average Bonchev–Trinajstić information content (AvgIpc) is 2.67. The molecular weight excluding hydrogens is 334 g/mol. The molecule has 138 valence electrons. The summed E-state index contributed by atoms with van der Waals surface area (Å²) in [6.45, 7) is 1.88. The van der Waals surface area contributed by atoms with Crippen molar-refractivity contribution in [2.24, 2.45) is 0 Å². The number of carbonyl (C=O) groups excluding carboxylic acids is 2. The lowest BCUT2D eigenvalue weighted by Crippen LogP contribution is -2.34. The van der Waals surface area contributed by atoms with Crippen molar-refractivity contribution in [2.75, 3.05) is 20.3 Å². The van der Waals surface area contributed by atoms with Crippen molar-refractivity contribution in [3.63, 3.8) is 0 Å². The van der Waals surface area contributed by atoms with E-state index in [1.165, 1.54) is 0 Å². The van der Waals surface area contributed by atoms with Gasteiger partial charge in [0.05, 0.1) is 26.2 Å². The number of ether oxygens (including phenoxy) is 3. The van der Waals surface area contributed by atoms with Crippen LogP contribution in [0.15, 0.2) is 54.6 Å². The lowest BCUT2D eigenvalue weighted by atomic mass is 10.0. The summed E-state index contributed by atoms with van der Waals surface area (Å²) in [6.07, 6.45) is 0.0259. The SMILES string of the molecule is CCOC(=O)C[C@H](NC(=O)COc1ccccc1)c1cccc(OC)c1. The van der Waals surface area contributed by atoms with Gasteiger partial charge in [0.2, 0.25) is 0 Å². The maximum atomic E-state index is 12.3. The van der Waals surface area contributed by atoms with Gasteiger partial charge < -0.3 is 19.5 Å². The van der Waals surface area contributed by atoms with Crippen molar-refractivity contribution in [1.29, 1.82) is 0 Å². The summed E-state index contributed by atoms with van der Waals surface area (Å²) < 4.78 is 15.7. The highest BCUT2D eigenvalue weighted by Crippen LogP contribution is 2.22. The van der Waals surface area contributed by atoms with Crippen LogP contribution in [0.25, 0.3) is 0 Å². The quantitative estimate of drug-likeness (QED) is 0.699. The molecule has 0 heterocycles. The molecular formula is C20H23NO5. The van der Waals surface area contributed by atoms with Crippen molar-refractivity contribution in [1.82, 2.24) is 5.32 Å². The Bertz CT molecular complexity index is 717. The van der Waals surface area contributed by atoms with E-state index in [4.69, 9.17) is 14.2 Å². The maximum Gasteiger partial charge on any atom is 0.308 e. The van der Waals surface area contributed by atoms with Crippen molar-refractivity contribution in [3.8, 4) is 11.5 Å². The first-order valence-corrected chi connectivity index (χ1v) is 8.39. The summed E-state index contributed by atoms with van der Waals surface area (Å²) in [5.74, 6) is 0.535. The van der Waals surface area contributed by atoms with Crippen LogP contribution in [0.3, 0.4) is 0 Å². The van der Waals surface area contributed by atoms with Crippen molar-refractivity contribution >= 4 is 11.9 Å². The van der Waals surface area contributed by atoms with Crippen LogP contribution in [0.5, 0.6) is 11.5 Å². The Morgan fingerprint density at radius 3 is 2.46 bits per heavy atom. The minimum absolute atomic E-state index is 0.0259. The van der Waals surface area contributed by atoms with Crippen LogP contribution in [0.2, 0.25) is 0 Å². The zero-order chi connectivity index (χ0) is 18.8. The third-order valence-corrected chi connectivity index (χ3v) is 3.62. The topological polar surface area (TPSA) is 73.9 Å². The molecule has 0 radical (unpaired) electrons. The number of methoxy groups -OCH3 is 1. The lowest BCUT2D eigenvalue weighted by molar-refractivity contribution is -0.143. The molecule has 0 aliphatic rings. The number of hydrogen-bond donors (Lipinski definition) is 1. The molecule has 2 aromatic carbocycles. The predicted octanol–water partition coefficient (Wildman–Crippen LogP) is 2.88. The molecule has 2 aromatic rings. The summed E-state index contributed by atoms with van der Waals surface area (Å²) in [7, 11) is 1.56. The molecule has 0 fully saturated rings. The van der Waals surface area contributed by atoms with Crippen LogP contribution >= 0.6 is 0 Å². The molecule has 6 heteroatoms. The van der Waals surface area contributed by atoms with Gasteiger partial charge in [0.1, 0.15) is 11.5 Å². The molecule has 1 amide bonds. The molecule has 0 aliphatic carbocycles. The normalized spacial score (nSPS) is 11.3. The van der Waals surface area contributed by atoms with E-state index in [2.05, 4.69) is 5.32 Å². The Morgan fingerprint density at radius 1 is 1.04 bits per heavy atom. The summed E-state index contributed by atoms with van der Waals surface area (Å²) in [6, 6.07) is 15.7. The average molecular weight is 357 g/mol. The molecule has 2 rings (SSSR count). The van der Waals surface area contributed by atoms with Crippen LogP contribution in [-0.4, -0.2) is 32.2 Å². The zero-order valence-corrected chi connectivity index (χ0v) is 14.9. The van der Waals surface area contributed by atoms with Gasteiger partial charge in [-0.15, -0.1) is 0 Å². The van der Waals surface area contributed by atoms with Gasteiger partial charge in [0.25, 0.3) is 5.91 Å².